The average molecular weight is 444 g/mol. The number of aromatic nitrogens is 3. The fourth-order valence-electron chi connectivity index (χ4n) is 3.82. The van der Waals surface area contributed by atoms with Crippen molar-refractivity contribution in [3.05, 3.63) is 90.3 Å². The Hall–Kier alpha value is -3.87. The van der Waals surface area contributed by atoms with Gasteiger partial charge in [0.2, 0.25) is 5.91 Å². The molecule has 2 aromatic heterocycles. The number of anilines is 1. The smallest absolute Gasteiger partial charge is 0.228 e. The zero-order valence-corrected chi connectivity index (χ0v) is 18.0. The van der Waals surface area contributed by atoms with Crippen LogP contribution in [0.5, 0.6) is 0 Å². The number of hydrogen-bond donors (Lipinski definition) is 1. The summed E-state index contributed by atoms with van der Waals surface area (Å²) in [5.74, 6) is -0.144. The molecule has 2 heterocycles. The first-order chi connectivity index (χ1) is 16.0. The molecule has 2 aromatic carbocycles. The van der Waals surface area contributed by atoms with E-state index in [1.54, 1.807) is 47.3 Å². The lowest BCUT2D eigenvalue weighted by Gasteiger charge is -2.13. The first kappa shape index (κ1) is 21.0. The molecule has 1 fully saturated rings. The Morgan fingerprint density at radius 2 is 1.82 bits per heavy atom. The van der Waals surface area contributed by atoms with Crippen molar-refractivity contribution < 1.29 is 13.6 Å². The quantitative estimate of drug-likeness (QED) is 0.406. The number of carbonyl (C=O) groups excluding carboxylic acids is 1. The molecule has 1 aliphatic rings. The standard InChI is InChI=1S/C26H22F2N4O/c1-16(21-4-2-3-5-23(21)28)32-15-22(25(31-32)17-8-10-20(27)11-9-17)19-12-13-29-24(14-19)30-26(33)18-6-7-18/h2-5,8-16,18H,6-7H2,1H3,(H,29,30,33). The van der Waals surface area contributed by atoms with Gasteiger partial charge in [0, 0.05) is 35.0 Å². The van der Waals surface area contributed by atoms with Crippen molar-refractivity contribution in [2.45, 2.75) is 25.8 Å². The third-order valence-electron chi connectivity index (χ3n) is 5.87. The maximum Gasteiger partial charge on any atom is 0.228 e. The minimum absolute atomic E-state index is 0.0257. The van der Waals surface area contributed by atoms with Gasteiger partial charge in [-0.3, -0.25) is 9.48 Å². The third-order valence-corrected chi connectivity index (χ3v) is 5.87. The Morgan fingerprint density at radius 1 is 1.06 bits per heavy atom. The number of halogens is 2. The van der Waals surface area contributed by atoms with Gasteiger partial charge in [-0.05, 0) is 67.8 Å². The Kier molecular flexibility index (Phi) is 5.46. The number of hydrogen-bond acceptors (Lipinski definition) is 3. The fraction of sp³-hybridized carbons (Fsp3) is 0.192. The topological polar surface area (TPSA) is 59.8 Å². The second-order valence-electron chi connectivity index (χ2n) is 8.27. The molecule has 7 heteroatoms. The van der Waals surface area contributed by atoms with Gasteiger partial charge in [-0.15, -0.1) is 0 Å². The normalized spacial score (nSPS) is 14.2. The van der Waals surface area contributed by atoms with Crippen LogP contribution in [0, 0.1) is 17.6 Å². The second kappa shape index (κ2) is 8.58. The maximum absolute atomic E-state index is 14.4. The summed E-state index contributed by atoms with van der Waals surface area (Å²) in [7, 11) is 0. The highest BCUT2D eigenvalue weighted by molar-refractivity contribution is 5.94. The van der Waals surface area contributed by atoms with E-state index in [0.29, 0.717) is 17.1 Å². The lowest BCUT2D eigenvalue weighted by atomic mass is 10.0. The molecule has 4 aromatic rings. The van der Waals surface area contributed by atoms with Gasteiger partial charge >= 0.3 is 0 Å². The highest BCUT2D eigenvalue weighted by atomic mass is 19.1. The number of carbonyl (C=O) groups is 1. The second-order valence-corrected chi connectivity index (χ2v) is 8.27. The Bertz CT molecular complexity index is 1310. The highest BCUT2D eigenvalue weighted by Crippen LogP contribution is 2.35. The molecule has 1 saturated carbocycles. The van der Waals surface area contributed by atoms with Crippen molar-refractivity contribution in [3.63, 3.8) is 0 Å². The number of pyridine rings is 1. The molecule has 5 rings (SSSR count). The molecule has 1 unspecified atom stereocenters. The first-order valence-electron chi connectivity index (χ1n) is 10.9. The van der Waals surface area contributed by atoms with E-state index in [2.05, 4.69) is 10.3 Å². The van der Waals surface area contributed by atoms with Crippen LogP contribution in [0.3, 0.4) is 0 Å². The summed E-state index contributed by atoms with van der Waals surface area (Å²) >= 11 is 0. The van der Waals surface area contributed by atoms with Crippen LogP contribution in [-0.4, -0.2) is 20.7 Å². The summed E-state index contributed by atoms with van der Waals surface area (Å²) in [6, 6.07) is 15.9. The molecule has 1 N–H and O–H groups in total. The Labute approximate surface area is 190 Å². The number of nitrogens with zero attached hydrogens (tertiary/aromatic N) is 3. The lowest BCUT2D eigenvalue weighted by Crippen LogP contribution is -2.14. The summed E-state index contributed by atoms with van der Waals surface area (Å²) < 4.78 is 29.7. The van der Waals surface area contributed by atoms with Crippen molar-refractivity contribution in [1.82, 2.24) is 14.8 Å². The third kappa shape index (κ3) is 4.39. The van der Waals surface area contributed by atoms with Crippen molar-refractivity contribution in [2.24, 2.45) is 5.92 Å². The van der Waals surface area contributed by atoms with Crippen LogP contribution in [-0.2, 0) is 4.79 Å². The largest absolute Gasteiger partial charge is 0.310 e. The minimum atomic E-state index is -0.366. The Morgan fingerprint density at radius 3 is 2.55 bits per heavy atom. The summed E-state index contributed by atoms with van der Waals surface area (Å²) in [5.41, 5.74) is 3.44. The van der Waals surface area contributed by atoms with Gasteiger partial charge in [0.05, 0.1) is 6.04 Å². The molecule has 1 amide bonds. The molecule has 0 aliphatic heterocycles. The van der Waals surface area contributed by atoms with E-state index < -0.39 is 0 Å². The van der Waals surface area contributed by atoms with E-state index in [9.17, 15) is 13.6 Å². The van der Waals surface area contributed by atoms with Crippen LogP contribution in [0.1, 0.15) is 31.4 Å². The first-order valence-corrected chi connectivity index (χ1v) is 10.9. The number of rotatable bonds is 6. The predicted octanol–water partition coefficient (Wildman–Crippen LogP) is 5.85. The molecule has 5 nitrogen and oxygen atoms in total. The lowest BCUT2D eigenvalue weighted by molar-refractivity contribution is -0.117. The molecule has 166 valence electrons. The summed E-state index contributed by atoms with van der Waals surface area (Å²) in [6.07, 6.45) is 5.28. The van der Waals surface area contributed by atoms with Crippen LogP contribution >= 0.6 is 0 Å². The fourth-order valence-corrected chi connectivity index (χ4v) is 3.82. The Balaban J connectivity index is 1.57. The molecule has 0 radical (unpaired) electrons. The maximum atomic E-state index is 14.4. The zero-order chi connectivity index (χ0) is 22.9. The average Bonchev–Trinajstić information content (AvgIpc) is 3.58. The van der Waals surface area contributed by atoms with Crippen LogP contribution < -0.4 is 5.32 Å². The zero-order valence-electron chi connectivity index (χ0n) is 18.0. The SMILES string of the molecule is CC(c1ccccc1F)n1cc(-c2ccnc(NC(=O)C3CC3)c2)c(-c2ccc(F)cc2)n1. The van der Waals surface area contributed by atoms with Crippen molar-refractivity contribution in [1.29, 1.82) is 0 Å². The molecule has 1 aliphatic carbocycles. The number of amides is 1. The number of nitrogens with one attached hydrogen (secondary N) is 1. The number of benzene rings is 2. The van der Waals surface area contributed by atoms with E-state index in [-0.39, 0.29) is 29.5 Å². The summed E-state index contributed by atoms with van der Waals surface area (Å²) in [4.78, 5) is 16.5. The molecular formula is C26H22F2N4O. The van der Waals surface area contributed by atoms with E-state index >= 15 is 0 Å². The minimum Gasteiger partial charge on any atom is -0.310 e. The van der Waals surface area contributed by atoms with Crippen LogP contribution in [0.2, 0.25) is 0 Å². The van der Waals surface area contributed by atoms with E-state index in [4.69, 9.17) is 5.10 Å². The summed E-state index contributed by atoms with van der Waals surface area (Å²) in [6.45, 7) is 1.87. The van der Waals surface area contributed by atoms with Crippen LogP contribution in [0.4, 0.5) is 14.6 Å². The molecule has 1 atom stereocenters. The molecule has 0 spiro atoms. The predicted molar refractivity (Wildman–Crippen MR) is 122 cm³/mol. The van der Waals surface area contributed by atoms with Gasteiger partial charge in [-0.2, -0.15) is 5.10 Å². The van der Waals surface area contributed by atoms with E-state index in [0.717, 1.165) is 29.5 Å². The van der Waals surface area contributed by atoms with Gasteiger partial charge in [-0.1, -0.05) is 18.2 Å². The van der Waals surface area contributed by atoms with E-state index in [1.165, 1.54) is 18.2 Å². The van der Waals surface area contributed by atoms with Crippen LogP contribution in [0.25, 0.3) is 22.4 Å². The summed E-state index contributed by atoms with van der Waals surface area (Å²) in [5, 5.41) is 7.62. The molecular weight excluding hydrogens is 422 g/mol. The molecule has 0 saturated heterocycles. The van der Waals surface area contributed by atoms with Gasteiger partial charge in [0.15, 0.2) is 0 Å². The van der Waals surface area contributed by atoms with Crippen molar-refractivity contribution in [3.8, 4) is 22.4 Å². The van der Waals surface area contributed by atoms with Gasteiger partial charge in [-0.25, -0.2) is 13.8 Å². The molecule has 0 bridgehead atoms. The van der Waals surface area contributed by atoms with Gasteiger partial charge in [0.25, 0.3) is 0 Å². The van der Waals surface area contributed by atoms with Gasteiger partial charge in [0.1, 0.15) is 23.1 Å². The molecule has 33 heavy (non-hydrogen) atoms. The van der Waals surface area contributed by atoms with Crippen molar-refractivity contribution >= 4 is 11.7 Å². The van der Waals surface area contributed by atoms with E-state index in [1.807, 2.05) is 19.2 Å². The van der Waals surface area contributed by atoms with Crippen molar-refractivity contribution in [2.75, 3.05) is 5.32 Å². The van der Waals surface area contributed by atoms with Gasteiger partial charge < -0.3 is 5.32 Å². The monoisotopic (exact) mass is 444 g/mol. The highest BCUT2D eigenvalue weighted by Gasteiger charge is 2.30. The van der Waals surface area contributed by atoms with Crippen LogP contribution in [0.15, 0.2) is 73.1 Å².